The van der Waals surface area contributed by atoms with Crippen molar-refractivity contribution in [3.8, 4) is 0 Å². The van der Waals surface area contributed by atoms with Crippen molar-refractivity contribution in [1.82, 2.24) is 9.62 Å². The molecule has 1 amide bonds. The number of ether oxygens (including phenoxy) is 1. The van der Waals surface area contributed by atoms with Gasteiger partial charge in [0, 0.05) is 19.1 Å². The Kier molecular flexibility index (Phi) is 8.22. The molecule has 0 bridgehead atoms. The third kappa shape index (κ3) is 5.79. The molecule has 0 radical (unpaired) electrons. The maximum absolute atomic E-state index is 12.5. The number of nitrogens with one attached hydrogen (secondary N) is 1. The molecule has 1 N–H and O–H groups in total. The van der Waals surface area contributed by atoms with E-state index in [2.05, 4.69) is 19.2 Å². The van der Waals surface area contributed by atoms with Gasteiger partial charge in [-0.15, -0.1) is 0 Å². The van der Waals surface area contributed by atoms with Gasteiger partial charge >= 0.3 is 5.97 Å². The Hall–Kier alpha value is -1.93. The summed E-state index contributed by atoms with van der Waals surface area (Å²) < 4.78 is 31.4. The van der Waals surface area contributed by atoms with Gasteiger partial charge in [0.15, 0.2) is 6.61 Å². The zero-order valence-electron chi connectivity index (χ0n) is 17.7. The van der Waals surface area contributed by atoms with E-state index in [1.165, 1.54) is 35.0 Å². The van der Waals surface area contributed by atoms with Crippen LogP contribution < -0.4 is 5.32 Å². The first-order valence-corrected chi connectivity index (χ1v) is 11.7. The van der Waals surface area contributed by atoms with E-state index in [9.17, 15) is 18.0 Å². The summed E-state index contributed by atoms with van der Waals surface area (Å²) in [5, 5.41) is 2.96. The maximum Gasteiger partial charge on any atom is 0.338 e. The predicted octanol–water partition coefficient (Wildman–Crippen LogP) is 2.81. The molecule has 0 aliphatic heterocycles. The summed E-state index contributed by atoms with van der Waals surface area (Å²) in [6.07, 6.45) is 3.19. The molecule has 1 aromatic rings. The maximum atomic E-state index is 12.5. The molecule has 0 saturated heterocycles. The molecule has 1 aliphatic carbocycles. The SMILES string of the molecule is CCN(CC)S(=O)(=O)c1ccc(C(=O)OCC(=O)N[C@H]2CCC[C@H](C)[C@@H]2C)cc1. The second-order valence-electron chi connectivity index (χ2n) is 7.63. The largest absolute Gasteiger partial charge is 0.452 e. The summed E-state index contributed by atoms with van der Waals surface area (Å²) in [5.74, 6) is -0.0199. The molecule has 0 unspecified atom stereocenters. The molecular formula is C21H32N2O5S. The van der Waals surface area contributed by atoms with Crippen molar-refractivity contribution in [2.24, 2.45) is 11.8 Å². The average molecular weight is 425 g/mol. The summed E-state index contributed by atoms with van der Waals surface area (Å²) in [6.45, 7) is 8.25. The highest BCUT2D eigenvalue weighted by atomic mass is 32.2. The zero-order valence-corrected chi connectivity index (χ0v) is 18.5. The fourth-order valence-corrected chi connectivity index (χ4v) is 5.18. The number of amides is 1. The summed E-state index contributed by atoms with van der Waals surface area (Å²) in [7, 11) is -3.58. The first-order chi connectivity index (χ1) is 13.7. The van der Waals surface area contributed by atoms with Crippen molar-refractivity contribution in [1.29, 1.82) is 0 Å². The fourth-order valence-electron chi connectivity index (χ4n) is 3.72. The number of hydrogen-bond donors (Lipinski definition) is 1. The minimum Gasteiger partial charge on any atom is -0.452 e. The zero-order chi connectivity index (χ0) is 21.6. The van der Waals surface area contributed by atoms with E-state index < -0.39 is 16.0 Å². The van der Waals surface area contributed by atoms with Gasteiger partial charge in [-0.2, -0.15) is 4.31 Å². The van der Waals surface area contributed by atoms with Crippen molar-refractivity contribution >= 4 is 21.9 Å². The van der Waals surface area contributed by atoms with Crippen LogP contribution in [0.4, 0.5) is 0 Å². The van der Waals surface area contributed by atoms with Gasteiger partial charge in [0.1, 0.15) is 0 Å². The van der Waals surface area contributed by atoms with Crippen LogP contribution in [0.2, 0.25) is 0 Å². The van der Waals surface area contributed by atoms with E-state index in [-0.39, 0.29) is 29.0 Å². The Bertz CT molecular complexity index is 803. The number of carbonyl (C=O) groups excluding carboxylic acids is 2. The minimum atomic E-state index is -3.58. The second kappa shape index (κ2) is 10.2. The standard InChI is InChI=1S/C21H32N2O5S/c1-5-23(6-2)29(26,27)18-12-10-17(11-13-18)21(25)28-14-20(24)22-19-9-7-8-15(3)16(19)4/h10-13,15-16,19H,5-9,14H2,1-4H3,(H,22,24)/t15-,16-,19-/m0/s1. The van der Waals surface area contributed by atoms with Crippen molar-refractivity contribution < 1.29 is 22.7 Å². The van der Waals surface area contributed by atoms with Crippen LogP contribution >= 0.6 is 0 Å². The monoisotopic (exact) mass is 424 g/mol. The average Bonchev–Trinajstić information content (AvgIpc) is 2.70. The third-order valence-electron chi connectivity index (χ3n) is 5.82. The Labute approximate surface area is 173 Å². The molecule has 162 valence electrons. The van der Waals surface area contributed by atoms with Crippen LogP contribution in [0.5, 0.6) is 0 Å². The number of carbonyl (C=O) groups is 2. The molecule has 7 nitrogen and oxygen atoms in total. The van der Waals surface area contributed by atoms with Crippen molar-refractivity contribution in [2.75, 3.05) is 19.7 Å². The highest BCUT2D eigenvalue weighted by molar-refractivity contribution is 7.89. The normalized spacial score (nSPS) is 22.3. The molecule has 1 aliphatic rings. The van der Waals surface area contributed by atoms with Gasteiger partial charge in [-0.3, -0.25) is 4.79 Å². The molecule has 1 saturated carbocycles. The number of rotatable bonds is 8. The Morgan fingerprint density at radius 3 is 2.31 bits per heavy atom. The fraction of sp³-hybridized carbons (Fsp3) is 0.619. The van der Waals surface area contributed by atoms with E-state index in [0.717, 1.165) is 12.8 Å². The van der Waals surface area contributed by atoms with Gasteiger partial charge in [-0.05, 0) is 42.5 Å². The van der Waals surface area contributed by atoms with Crippen molar-refractivity contribution in [3.05, 3.63) is 29.8 Å². The van der Waals surface area contributed by atoms with Gasteiger partial charge < -0.3 is 10.1 Å². The number of esters is 1. The minimum absolute atomic E-state index is 0.106. The Morgan fingerprint density at radius 1 is 1.10 bits per heavy atom. The molecule has 1 fully saturated rings. The van der Waals surface area contributed by atoms with Gasteiger partial charge in [0.2, 0.25) is 10.0 Å². The molecule has 29 heavy (non-hydrogen) atoms. The third-order valence-corrected chi connectivity index (χ3v) is 7.88. The number of hydrogen-bond acceptors (Lipinski definition) is 5. The van der Waals surface area contributed by atoms with Crippen LogP contribution in [0.15, 0.2) is 29.2 Å². The molecule has 2 rings (SSSR count). The lowest BCUT2D eigenvalue weighted by Crippen LogP contribution is -2.45. The first-order valence-electron chi connectivity index (χ1n) is 10.3. The molecular weight excluding hydrogens is 392 g/mol. The van der Waals surface area contributed by atoms with Crippen molar-refractivity contribution in [3.63, 3.8) is 0 Å². The predicted molar refractivity (Wildman–Crippen MR) is 111 cm³/mol. The highest BCUT2D eigenvalue weighted by Gasteiger charge is 2.28. The summed E-state index contributed by atoms with van der Waals surface area (Å²) in [5.41, 5.74) is 0.205. The van der Waals surface area contributed by atoms with Crippen LogP contribution in [0, 0.1) is 11.8 Å². The smallest absolute Gasteiger partial charge is 0.338 e. The van der Waals surface area contributed by atoms with Crippen LogP contribution in [0.1, 0.15) is 57.3 Å². The summed E-state index contributed by atoms with van der Waals surface area (Å²) >= 11 is 0. The Morgan fingerprint density at radius 2 is 1.72 bits per heavy atom. The van der Waals surface area contributed by atoms with E-state index in [1.54, 1.807) is 13.8 Å². The van der Waals surface area contributed by atoms with Gasteiger partial charge in [0.25, 0.3) is 5.91 Å². The van der Waals surface area contributed by atoms with Gasteiger partial charge in [-0.1, -0.05) is 40.5 Å². The number of benzene rings is 1. The number of sulfonamides is 1. The number of nitrogens with zero attached hydrogens (tertiary/aromatic N) is 1. The van der Waals surface area contributed by atoms with Crippen LogP contribution in [-0.4, -0.2) is 50.3 Å². The lowest BCUT2D eigenvalue weighted by molar-refractivity contribution is -0.125. The molecule has 0 heterocycles. The highest BCUT2D eigenvalue weighted by Crippen LogP contribution is 2.29. The topological polar surface area (TPSA) is 92.8 Å². The van der Waals surface area contributed by atoms with Crippen molar-refractivity contribution in [2.45, 2.75) is 57.9 Å². The summed E-state index contributed by atoms with van der Waals surface area (Å²) in [4.78, 5) is 24.5. The quantitative estimate of drug-likeness (QED) is 0.648. The lowest BCUT2D eigenvalue weighted by Gasteiger charge is -2.34. The molecule has 0 spiro atoms. The van der Waals surface area contributed by atoms with Gasteiger partial charge in [-0.25, -0.2) is 13.2 Å². The molecule has 0 aromatic heterocycles. The molecule has 3 atom stereocenters. The first kappa shape index (κ1) is 23.3. The molecule has 1 aromatic carbocycles. The summed E-state index contributed by atoms with van der Waals surface area (Å²) in [6, 6.07) is 5.68. The lowest BCUT2D eigenvalue weighted by atomic mass is 9.78. The van der Waals surface area contributed by atoms with E-state index in [1.807, 2.05) is 0 Å². The molecule has 8 heteroatoms. The Balaban J connectivity index is 1.92. The van der Waals surface area contributed by atoms with Crippen LogP contribution in [-0.2, 0) is 19.6 Å². The van der Waals surface area contributed by atoms with E-state index >= 15 is 0 Å². The van der Waals surface area contributed by atoms with E-state index in [4.69, 9.17) is 4.74 Å². The second-order valence-corrected chi connectivity index (χ2v) is 9.57. The van der Waals surface area contributed by atoms with Crippen LogP contribution in [0.25, 0.3) is 0 Å². The van der Waals surface area contributed by atoms with Gasteiger partial charge in [0.05, 0.1) is 10.5 Å². The van der Waals surface area contributed by atoms with Crippen LogP contribution in [0.3, 0.4) is 0 Å². The van der Waals surface area contributed by atoms with E-state index in [0.29, 0.717) is 24.9 Å².